The summed E-state index contributed by atoms with van der Waals surface area (Å²) in [6.45, 7) is 0.211. The average molecular weight is 429 g/mol. The van der Waals surface area contributed by atoms with Crippen LogP contribution < -0.4 is 9.47 Å². The molecule has 1 heterocycles. The lowest BCUT2D eigenvalue weighted by molar-refractivity contribution is -0.140. The van der Waals surface area contributed by atoms with E-state index in [0.717, 1.165) is 11.1 Å². The van der Waals surface area contributed by atoms with Gasteiger partial charge in [-0.3, -0.25) is 9.59 Å². The molecule has 3 aromatic rings. The lowest BCUT2D eigenvalue weighted by Crippen LogP contribution is -2.29. The first-order valence-electron chi connectivity index (χ1n) is 10.1. The van der Waals surface area contributed by atoms with Gasteiger partial charge in [-0.15, -0.1) is 0 Å². The van der Waals surface area contributed by atoms with Gasteiger partial charge in [0, 0.05) is 12.1 Å². The number of nitrogens with zero attached hydrogens (tertiary/aromatic N) is 1. The molecule has 0 saturated carbocycles. The Morgan fingerprint density at radius 3 is 2.22 bits per heavy atom. The van der Waals surface area contributed by atoms with Crippen molar-refractivity contribution in [2.45, 2.75) is 12.6 Å². The van der Waals surface area contributed by atoms with Crippen molar-refractivity contribution in [3.63, 3.8) is 0 Å². The van der Waals surface area contributed by atoms with Crippen LogP contribution in [0.4, 0.5) is 0 Å². The Bertz CT molecular complexity index is 1170. The Morgan fingerprint density at radius 1 is 0.875 bits per heavy atom. The highest BCUT2D eigenvalue weighted by molar-refractivity contribution is 6.46. The first-order valence-corrected chi connectivity index (χ1v) is 10.1. The number of carbonyl (C=O) groups excluding carboxylic acids is 2. The van der Waals surface area contributed by atoms with Gasteiger partial charge in [-0.2, -0.15) is 0 Å². The molecule has 32 heavy (non-hydrogen) atoms. The predicted molar refractivity (Wildman–Crippen MR) is 120 cm³/mol. The van der Waals surface area contributed by atoms with E-state index in [4.69, 9.17) is 9.47 Å². The molecule has 1 aliphatic heterocycles. The summed E-state index contributed by atoms with van der Waals surface area (Å²) in [6.07, 6.45) is 0. The highest BCUT2D eigenvalue weighted by Gasteiger charge is 2.46. The molecule has 6 heteroatoms. The van der Waals surface area contributed by atoms with Gasteiger partial charge >= 0.3 is 0 Å². The maximum atomic E-state index is 13.1. The standard InChI is InChI=1S/C26H23NO5/c1-31-20-13-11-17(12-14-20)16-27-23(18-7-4-3-5-8-18)22(25(29)26(27)30)24(28)19-9-6-10-21(15-19)32-2/h3-15,23,28H,16H2,1-2H3/b24-22-. The molecule has 1 amide bonds. The SMILES string of the molecule is COc1ccc(CN2C(=O)C(=O)/C(=C(\O)c3cccc(OC)c3)C2c2ccccc2)cc1. The average Bonchev–Trinajstić information content (AvgIpc) is 3.09. The summed E-state index contributed by atoms with van der Waals surface area (Å²) >= 11 is 0. The Balaban J connectivity index is 1.81. The van der Waals surface area contributed by atoms with Crippen LogP contribution in [0.1, 0.15) is 22.7 Å². The van der Waals surface area contributed by atoms with E-state index in [0.29, 0.717) is 17.1 Å². The zero-order valence-electron chi connectivity index (χ0n) is 17.8. The fourth-order valence-corrected chi connectivity index (χ4v) is 3.88. The number of benzene rings is 3. The van der Waals surface area contributed by atoms with Crippen LogP contribution in [0.2, 0.25) is 0 Å². The van der Waals surface area contributed by atoms with E-state index < -0.39 is 17.7 Å². The van der Waals surface area contributed by atoms with Crippen LogP contribution in [0, 0.1) is 0 Å². The van der Waals surface area contributed by atoms with Crippen molar-refractivity contribution >= 4 is 17.4 Å². The molecule has 0 radical (unpaired) electrons. The van der Waals surface area contributed by atoms with Gasteiger partial charge in [-0.05, 0) is 35.4 Å². The van der Waals surface area contributed by atoms with Gasteiger partial charge in [0.1, 0.15) is 17.3 Å². The third-order valence-electron chi connectivity index (χ3n) is 5.51. The molecule has 0 aromatic heterocycles. The summed E-state index contributed by atoms with van der Waals surface area (Å²) in [5, 5.41) is 11.1. The first-order chi connectivity index (χ1) is 15.5. The predicted octanol–water partition coefficient (Wildman–Crippen LogP) is 4.33. The van der Waals surface area contributed by atoms with Crippen molar-refractivity contribution in [1.82, 2.24) is 4.90 Å². The monoisotopic (exact) mass is 429 g/mol. The molecule has 6 nitrogen and oxygen atoms in total. The third-order valence-corrected chi connectivity index (χ3v) is 5.51. The number of rotatable bonds is 6. The number of carbonyl (C=O) groups is 2. The topological polar surface area (TPSA) is 76.1 Å². The minimum Gasteiger partial charge on any atom is -0.507 e. The molecule has 1 N–H and O–H groups in total. The molecule has 1 unspecified atom stereocenters. The molecule has 1 fully saturated rings. The minimum atomic E-state index is -0.718. The highest BCUT2D eigenvalue weighted by Crippen LogP contribution is 2.40. The summed E-state index contributed by atoms with van der Waals surface area (Å²) in [5.41, 5.74) is 2.05. The molecule has 0 spiro atoms. The summed E-state index contributed by atoms with van der Waals surface area (Å²) < 4.78 is 10.4. The fraction of sp³-hybridized carbons (Fsp3) is 0.154. The summed E-state index contributed by atoms with van der Waals surface area (Å²) in [4.78, 5) is 27.7. The molecule has 1 atom stereocenters. The van der Waals surface area contributed by atoms with Crippen molar-refractivity contribution in [2.75, 3.05) is 14.2 Å². The maximum Gasteiger partial charge on any atom is 0.295 e. The van der Waals surface area contributed by atoms with Crippen LogP contribution in [0.3, 0.4) is 0 Å². The largest absolute Gasteiger partial charge is 0.507 e. The number of amides is 1. The quantitative estimate of drug-likeness (QED) is 0.359. The molecular weight excluding hydrogens is 406 g/mol. The van der Waals surface area contributed by atoms with Crippen molar-refractivity contribution in [1.29, 1.82) is 0 Å². The molecular formula is C26H23NO5. The minimum absolute atomic E-state index is 0.0583. The maximum absolute atomic E-state index is 13.1. The molecule has 3 aromatic carbocycles. The van der Waals surface area contributed by atoms with E-state index in [1.54, 1.807) is 43.5 Å². The van der Waals surface area contributed by atoms with Crippen molar-refractivity contribution in [3.05, 3.63) is 101 Å². The van der Waals surface area contributed by atoms with E-state index >= 15 is 0 Å². The zero-order chi connectivity index (χ0) is 22.7. The number of ketones is 1. The number of hydrogen-bond donors (Lipinski definition) is 1. The van der Waals surface area contributed by atoms with Crippen LogP contribution in [0.25, 0.3) is 5.76 Å². The summed E-state index contributed by atoms with van der Waals surface area (Å²) in [7, 11) is 3.11. The van der Waals surface area contributed by atoms with Crippen LogP contribution in [0.5, 0.6) is 11.5 Å². The Hall–Kier alpha value is -4.06. The number of Topliss-reactive ketones (excluding diaryl/α,β-unsaturated/α-hetero) is 1. The summed E-state index contributed by atoms with van der Waals surface area (Å²) in [5.74, 6) is -0.355. The second-order valence-corrected chi connectivity index (χ2v) is 7.42. The molecule has 1 saturated heterocycles. The lowest BCUT2D eigenvalue weighted by Gasteiger charge is -2.25. The number of aliphatic hydroxyl groups is 1. The van der Waals surface area contributed by atoms with Crippen LogP contribution in [0.15, 0.2) is 84.4 Å². The number of aliphatic hydroxyl groups excluding tert-OH is 1. The zero-order valence-corrected chi connectivity index (χ0v) is 17.8. The van der Waals surface area contributed by atoms with Crippen molar-refractivity contribution in [2.24, 2.45) is 0 Å². The van der Waals surface area contributed by atoms with E-state index in [1.165, 1.54) is 12.0 Å². The number of methoxy groups -OCH3 is 2. The molecule has 1 aliphatic rings. The van der Waals surface area contributed by atoms with Crippen LogP contribution in [-0.4, -0.2) is 35.9 Å². The number of likely N-dealkylation sites (tertiary alicyclic amines) is 1. The van der Waals surface area contributed by atoms with Gasteiger partial charge < -0.3 is 19.5 Å². The Kier molecular flexibility index (Phi) is 5.94. The van der Waals surface area contributed by atoms with Gasteiger partial charge in [0.25, 0.3) is 11.7 Å². The number of hydrogen-bond acceptors (Lipinski definition) is 5. The fourth-order valence-electron chi connectivity index (χ4n) is 3.88. The van der Waals surface area contributed by atoms with Gasteiger partial charge in [0.15, 0.2) is 0 Å². The van der Waals surface area contributed by atoms with E-state index in [-0.39, 0.29) is 17.9 Å². The summed E-state index contributed by atoms with van der Waals surface area (Å²) in [6, 6.07) is 22.6. The Labute approximate surface area is 186 Å². The molecule has 162 valence electrons. The normalized spacial score (nSPS) is 17.4. The van der Waals surface area contributed by atoms with E-state index in [2.05, 4.69) is 0 Å². The van der Waals surface area contributed by atoms with Gasteiger partial charge in [-0.25, -0.2) is 0 Å². The smallest absolute Gasteiger partial charge is 0.295 e. The van der Waals surface area contributed by atoms with Crippen LogP contribution >= 0.6 is 0 Å². The first kappa shape index (κ1) is 21.2. The molecule has 0 bridgehead atoms. The highest BCUT2D eigenvalue weighted by atomic mass is 16.5. The third kappa shape index (κ3) is 3.95. The molecule has 0 aliphatic carbocycles. The second-order valence-electron chi connectivity index (χ2n) is 7.42. The van der Waals surface area contributed by atoms with E-state index in [1.807, 2.05) is 42.5 Å². The van der Waals surface area contributed by atoms with E-state index in [9.17, 15) is 14.7 Å². The second kappa shape index (κ2) is 8.98. The van der Waals surface area contributed by atoms with Crippen molar-refractivity contribution < 1.29 is 24.2 Å². The Morgan fingerprint density at radius 2 is 1.56 bits per heavy atom. The van der Waals surface area contributed by atoms with Crippen LogP contribution in [-0.2, 0) is 16.1 Å². The van der Waals surface area contributed by atoms with Gasteiger partial charge in [0.2, 0.25) is 0 Å². The lowest BCUT2D eigenvalue weighted by atomic mass is 9.95. The number of ether oxygens (including phenoxy) is 2. The van der Waals surface area contributed by atoms with Gasteiger partial charge in [0.05, 0.1) is 25.8 Å². The molecule has 4 rings (SSSR count). The van der Waals surface area contributed by atoms with Crippen molar-refractivity contribution in [3.8, 4) is 11.5 Å². The van der Waals surface area contributed by atoms with Gasteiger partial charge in [-0.1, -0.05) is 54.6 Å².